The van der Waals surface area contributed by atoms with E-state index in [9.17, 15) is 29.6 Å². The monoisotopic (exact) mass is 386 g/mol. The Morgan fingerprint density at radius 1 is 0.591 bits per heavy atom. The van der Waals surface area contributed by atoms with E-state index in [4.69, 9.17) is 19.6 Å². The molecular formula is C6H14Na2O12P2+2. The third-order valence-corrected chi connectivity index (χ3v) is 3.60. The summed E-state index contributed by atoms with van der Waals surface area (Å²) in [5.74, 6) is 0. The zero-order valence-corrected chi connectivity index (χ0v) is 17.4. The number of phosphoric acid groups is 2. The van der Waals surface area contributed by atoms with Crippen LogP contribution >= 0.6 is 15.6 Å². The molecule has 12 nitrogen and oxygen atoms in total. The molecule has 22 heavy (non-hydrogen) atoms. The van der Waals surface area contributed by atoms with Crippen molar-refractivity contribution in [2.24, 2.45) is 0 Å². The van der Waals surface area contributed by atoms with E-state index in [1.54, 1.807) is 0 Å². The quantitative estimate of drug-likeness (QED) is 0.167. The Morgan fingerprint density at radius 3 is 1.09 bits per heavy atom. The van der Waals surface area contributed by atoms with Gasteiger partial charge in [0.1, 0.15) is 36.6 Å². The van der Waals surface area contributed by atoms with E-state index in [0.29, 0.717) is 0 Å². The minimum absolute atomic E-state index is 0. The van der Waals surface area contributed by atoms with Crippen molar-refractivity contribution in [1.29, 1.82) is 0 Å². The average molecular weight is 386 g/mol. The van der Waals surface area contributed by atoms with E-state index in [1.165, 1.54) is 0 Å². The summed E-state index contributed by atoms with van der Waals surface area (Å²) in [5.41, 5.74) is 0. The summed E-state index contributed by atoms with van der Waals surface area (Å²) in [6.07, 6.45) is -12.8. The molecule has 1 fully saturated rings. The molecule has 1 rings (SSSR count). The van der Waals surface area contributed by atoms with Crippen molar-refractivity contribution in [2.75, 3.05) is 0 Å². The van der Waals surface area contributed by atoms with Crippen LogP contribution in [0.15, 0.2) is 0 Å². The molecule has 0 radical (unpaired) electrons. The molecule has 6 atom stereocenters. The summed E-state index contributed by atoms with van der Waals surface area (Å²) >= 11 is 0. The van der Waals surface area contributed by atoms with Crippen LogP contribution in [0.4, 0.5) is 0 Å². The standard InChI is InChI=1S/C6H14O12P2.2Na/c7-1-2(8)5(17-19(11,12)13)4(10)6(3(1)9)18-20(14,15)16;;/h1-10H,(H2,11,12,13)(H2,14,15,16);;/q;2*+1/t1?,2-,3+,4?,5-,6-;;/m0../s1. The summed E-state index contributed by atoms with van der Waals surface area (Å²) < 4.78 is 29.4. The van der Waals surface area contributed by atoms with Gasteiger partial charge in [-0.3, -0.25) is 9.05 Å². The van der Waals surface area contributed by atoms with Crippen molar-refractivity contribution >= 4 is 15.6 Å². The molecule has 0 aromatic rings. The molecule has 0 spiro atoms. The van der Waals surface area contributed by atoms with E-state index in [-0.39, 0.29) is 59.1 Å². The Balaban J connectivity index is 0. The van der Waals surface area contributed by atoms with Gasteiger partial charge in [-0.2, -0.15) is 0 Å². The molecule has 0 aromatic heterocycles. The van der Waals surface area contributed by atoms with Gasteiger partial charge in [0.25, 0.3) is 0 Å². The first-order valence-corrected chi connectivity index (χ1v) is 8.10. The third kappa shape index (κ3) is 7.52. The molecule has 0 amide bonds. The predicted octanol–water partition coefficient (Wildman–Crippen LogP) is -9.59. The first-order valence-electron chi connectivity index (χ1n) is 5.03. The molecule has 1 saturated carbocycles. The number of phosphoric ester groups is 2. The van der Waals surface area contributed by atoms with Crippen molar-refractivity contribution < 1.29 is 117 Å². The molecule has 16 heteroatoms. The van der Waals surface area contributed by atoms with Crippen LogP contribution in [0, 0.1) is 0 Å². The third-order valence-electron chi connectivity index (χ3n) is 2.56. The molecular weight excluding hydrogens is 372 g/mol. The van der Waals surface area contributed by atoms with Gasteiger partial charge in [-0.1, -0.05) is 0 Å². The summed E-state index contributed by atoms with van der Waals surface area (Å²) in [4.78, 5) is 34.4. The van der Waals surface area contributed by atoms with E-state index >= 15 is 0 Å². The fraction of sp³-hybridized carbons (Fsp3) is 1.00. The van der Waals surface area contributed by atoms with E-state index in [0.717, 1.165) is 0 Å². The zero-order valence-electron chi connectivity index (χ0n) is 11.6. The van der Waals surface area contributed by atoms with E-state index < -0.39 is 52.3 Å². The number of rotatable bonds is 4. The second-order valence-electron chi connectivity index (χ2n) is 4.08. The minimum atomic E-state index is -5.20. The van der Waals surface area contributed by atoms with Crippen molar-refractivity contribution in [2.45, 2.75) is 36.6 Å². The molecule has 2 unspecified atom stereocenters. The van der Waals surface area contributed by atoms with Gasteiger partial charge in [-0.05, 0) is 0 Å². The SMILES string of the molecule is O=P(O)(O)O[C@@H]1C(O)[C@@H](OP(=O)(O)O)[C@@H](O)C(O)[C@H]1O.[Na+].[Na+]. The second-order valence-corrected chi connectivity index (χ2v) is 6.47. The summed E-state index contributed by atoms with van der Waals surface area (Å²) in [6.45, 7) is 0. The Bertz CT molecular complexity index is 399. The molecule has 0 aliphatic heterocycles. The topological polar surface area (TPSA) is 214 Å². The maximum Gasteiger partial charge on any atom is 1.00 e. The molecule has 120 valence electrons. The van der Waals surface area contributed by atoms with Crippen molar-refractivity contribution in [3.63, 3.8) is 0 Å². The van der Waals surface area contributed by atoms with Gasteiger partial charge in [-0.15, -0.1) is 0 Å². The Kier molecular flexibility index (Phi) is 11.6. The van der Waals surface area contributed by atoms with Gasteiger partial charge >= 0.3 is 74.8 Å². The Hall–Kier alpha value is 2.06. The number of aliphatic hydroxyl groups excluding tert-OH is 4. The van der Waals surface area contributed by atoms with Gasteiger partial charge in [0.05, 0.1) is 0 Å². The number of hydrogen-bond donors (Lipinski definition) is 8. The first-order chi connectivity index (χ1) is 8.83. The van der Waals surface area contributed by atoms with Gasteiger partial charge in [0.2, 0.25) is 0 Å². The van der Waals surface area contributed by atoms with Crippen LogP contribution < -0.4 is 59.1 Å². The second kappa shape index (κ2) is 9.67. The number of hydrogen-bond acceptors (Lipinski definition) is 8. The summed E-state index contributed by atoms with van der Waals surface area (Å²) in [7, 11) is -10.4. The van der Waals surface area contributed by atoms with E-state index in [1.807, 2.05) is 0 Å². The first kappa shape index (κ1) is 26.3. The smallest absolute Gasteiger partial charge is 0.387 e. The largest absolute Gasteiger partial charge is 1.00 e. The van der Waals surface area contributed by atoms with Crippen molar-refractivity contribution in [1.82, 2.24) is 0 Å². The molecule has 0 saturated heterocycles. The molecule has 1 aliphatic carbocycles. The van der Waals surface area contributed by atoms with Crippen LogP contribution in [0.3, 0.4) is 0 Å². The van der Waals surface area contributed by atoms with Crippen molar-refractivity contribution in [3.05, 3.63) is 0 Å². The maximum atomic E-state index is 10.7. The van der Waals surface area contributed by atoms with Crippen molar-refractivity contribution in [3.8, 4) is 0 Å². The molecule has 0 heterocycles. The van der Waals surface area contributed by atoms with Crippen LogP contribution in [0.2, 0.25) is 0 Å². The Labute approximate surface area is 168 Å². The normalized spacial score (nSPS) is 36.2. The summed E-state index contributed by atoms with van der Waals surface area (Å²) in [5, 5.41) is 38.0. The van der Waals surface area contributed by atoms with Gasteiger partial charge in [0.15, 0.2) is 0 Å². The maximum absolute atomic E-state index is 10.7. The average Bonchev–Trinajstić information content (AvgIpc) is 2.25. The van der Waals surface area contributed by atoms with Gasteiger partial charge in [0, 0.05) is 0 Å². The molecule has 8 N–H and O–H groups in total. The molecule has 0 aromatic carbocycles. The van der Waals surface area contributed by atoms with Crippen LogP contribution in [0.5, 0.6) is 0 Å². The van der Waals surface area contributed by atoms with Crippen LogP contribution in [-0.4, -0.2) is 76.6 Å². The Morgan fingerprint density at radius 2 is 0.864 bits per heavy atom. The molecule has 1 aliphatic rings. The zero-order chi connectivity index (χ0) is 15.9. The predicted molar refractivity (Wildman–Crippen MR) is 57.9 cm³/mol. The van der Waals surface area contributed by atoms with Crippen LogP contribution in [0.25, 0.3) is 0 Å². The fourth-order valence-corrected chi connectivity index (χ4v) is 2.88. The van der Waals surface area contributed by atoms with Gasteiger partial charge < -0.3 is 40.0 Å². The van der Waals surface area contributed by atoms with Crippen LogP contribution in [-0.2, 0) is 18.2 Å². The van der Waals surface area contributed by atoms with E-state index in [2.05, 4.69) is 9.05 Å². The fourth-order valence-electron chi connectivity index (χ4n) is 1.75. The van der Waals surface area contributed by atoms with Crippen LogP contribution in [0.1, 0.15) is 0 Å². The number of aliphatic hydroxyl groups is 4. The molecule has 0 bridgehead atoms. The minimum Gasteiger partial charge on any atom is -0.387 e. The van der Waals surface area contributed by atoms with Gasteiger partial charge in [-0.25, -0.2) is 9.13 Å². The summed E-state index contributed by atoms with van der Waals surface area (Å²) in [6, 6.07) is 0.